The summed E-state index contributed by atoms with van der Waals surface area (Å²) in [6.45, 7) is 12.4. The van der Waals surface area contributed by atoms with Gasteiger partial charge in [-0.05, 0) is 57.9 Å². The van der Waals surface area contributed by atoms with Gasteiger partial charge in [0.1, 0.15) is 0 Å². The molecule has 106 valence electrons. The van der Waals surface area contributed by atoms with Crippen LogP contribution in [-0.2, 0) is 4.74 Å². The van der Waals surface area contributed by atoms with Crippen molar-refractivity contribution >= 4 is 0 Å². The van der Waals surface area contributed by atoms with Gasteiger partial charge >= 0.3 is 0 Å². The number of likely N-dealkylation sites (N-methyl/N-ethyl adjacent to an activating group) is 1. The van der Waals surface area contributed by atoms with Gasteiger partial charge in [0.15, 0.2) is 0 Å². The fourth-order valence-electron chi connectivity index (χ4n) is 3.21. The van der Waals surface area contributed by atoms with Crippen molar-refractivity contribution in [2.45, 2.75) is 70.9 Å². The lowest BCUT2D eigenvalue weighted by atomic mass is 9.74. The smallest absolute Gasteiger partial charge is 0.0834 e. The molecular formula is C16H31NO. The average molecular weight is 253 g/mol. The summed E-state index contributed by atoms with van der Waals surface area (Å²) in [5, 5.41) is 3.65. The van der Waals surface area contributed by atoms with E-state index >= 15 is 0 Å². The SMILES string of the molecule is C=CCCC(NCC)C1(OCC)CCC(C)CC1. The molecule has 0 radical (unpaired) electrons. The number of nitrogens with one attached hydrogen (secondary N) is 1. The van der Waals surface area contributed by atoms with Crippen LogP contribution in [0.15, 0.2) is 12.7 Å². The highest BCUT2D eigenvalue weighted by Gasteiger charge is 2.41. The molecule has 0 heterocycles. The Kier molecular flexibility index (Phi) is 6.95. The molecule has 0 bridgehead atoms. The fraction of sp³-hybridized carbons (Fsp3) is 0.875. The maximum absolute atomic E-state index is 6.23. The first-order chi connectivity index (χ1) is 8.68. The van der Waals surface area contributed by atoms with Gasteiger partial charge in [0.2, 0.25) is 0 Å². The molecule has 1 aliphatic carbocycles. The molecule has 1 unspecified atom stereocenters. The van der Waals surface area contributed by atoms with Gasteiger partial charge in [0, 0.05) is 12.6 Å². The lowest BCUT2D eigenvalue weighted by molar-refractivity contribution is -0.0972. The van der Waals surface area contributed by atoms with Crippen molar-refractivity contribution in [3.8, 4) is 0 Å². The largest absolute Gasteiger partial charge is 0.374 e. The van der Waals surface area contributed by atoms with Crippen LogP contribution in [0, 0.1) is 5.92 Å². The second kappa shape index (κ2) is 7.96. The summed E-state index contributed by atoms with van der Waals surface area (Å²) >= 11 is 0. The second-order valence-electron chi connectivity index (χ2n) is 5.66. The van der Waals surface area contributed by atoms with Crippen molar-refractivity contribution in [1.82, 2.24) is 5.32 Å². The van der Waals surface area contributed by atoms with Crippen LogP contribution in [0.5, 0.6) is 0 Å². The minimum Gasteiger partial charge on any atom is -0.374 e. The molecule has 1 rings (SSSR count). The van der Waals surface area contributed by atoms with Gasteiger partial charge in [-0.25, -0.2) is 0 Å². The van der Waals surface area contributed by atoms with E-state index in [1.54, 1.807) is 0 Å². The molecule has 1 aliphatic rings. The Morgan fingerprint density at radius 3 is 2.56 bits per heavy atom. The Morgan fingerprint density at radius 2 is 2.06 bits per heavy atom. The van der Waals surface area contributed by atoms with E-state index < -0.39 is 0 Å². The van der Waals surface area contributed by atoms with E-state index in [9.17, 15) is 0 Å². The minimum absolute atomic E-state index is 0.0697. The normalized spacial score (nSPS) is 30.1. The summed E-state index contributed by atoms with van der Waals surface area (Å²) in [5.41, 5.74) is 0.0697. The van der Waals surface area contributed by atoms with Crippen molar-refractivity contribution in [2.24, 2.45) is 5.92 Å². The molecule has 1 atom stereocenters. The zero-order chi connectivity index (χ0) is 13.4. The van der Waals surface area contributed by atoms with Crippen LogP contribution in [-0.4, -0.2) is 24.8 Å². The summed E-state index contributed by atoms with van der Waals surface area (Å²) in [6, 6.07) is 0.480. The van der Waals surface area contributed by atoms with Crippen LogP contribution in [0.2, 0.25) is 0 Å². The van der Waals surface area contributed by atoms with Gasteiger partial charge in [-0.2, -0.15) is 0 Å². The van der Waals surface area contributed by atoms with Crippen LogP contribution >= 0.6 is 0 Å². The number of ether oxygens (including phenoxy) is 1. The van der Waals surface area contributed by atoms with E-state index in [1.165, 1.54) is 25.7 Å². The molecule has 0 amide bonds. The van der Waals surface area contributed by atoms with Gasteiger partial charge in [0.25, 0.3) is 0 Å². The number of hydrogen-bond donors (Lipinski definition) is 1. The molecule has 1 N–H and O–H groups in total. The molecule has 0 aromatic heterocycles. The first-order valence-corrected chi connectivity index (χ1v) is 7.66. The fourth-order valence-corrected chi connectivity index (χ4v) is 3.21. The monoisotopic (exact) mass is 253 g/mol. The first kappa shape index (κ1) is 15.7. The summed E-state index contributed by atoms with van der Waals surface area (Å²) in [4.78, 5) is 0. The van der Waals surface area contributed by atoms with Gasteiger partial charge in [-0.1, -0.05) is 19.9 Å². The Bertz CT molecular complexity index is 231. The van der Waals surface area contributed by atoms with Crippen LogP contribution in [0.1, 0.15) is 59.3 Å². The van der Waals surface area contributed by atoms with Crippen molar-refractivity contribution < 1.29 is 4.74 Å². The lowest BCUT2D eigenvalue weighted by Gasteiger charge is -2.45. The lowest BCUT2D eigenvalue weighted by Crippen LogP contribution is -2.54. The van der Waals surface area contributed by atoms with Crippen molar-refractivity contribution in [3.05, 3.63) is 12.7 Å². The molecule has 2 nitrogen and oxygen atoms in total. The molecule has 1 fully saturated rings. The summed E-state index contributed by atoms with van der Waals surface area (Å²) < 4.78 is 6.23. The predicted molar refractivity (Wildman–Crippen MR) is 78.9 cm³/mol. The Morgan fingerprint density at radius 1 is 1.39 bits per heavy atom. The van der Waals surface area contributed by atoms with Crippen molar-refractivity contribution in [2.75, 3.05) is 13.2 Å². The van der Waals surface area contributed by atoms with Gasteiger partial charge < -0.3 is 10.1 Å². The number of hydrogen-bond acceptors (Lipinski definition) is 2. The zero-order valence-electron chi connectivity index (χ0n) is 12.5. The van der Waals surface area contributed by atoms with Gasteiger partial charge in [-0.3, -0.25) is 0 Å². The summed E-state index contributed by atoms with van der Waals surface area (Å²) in [7, 11) is 0. The predicted octanol–water partition coefficient (Wildman–Crippen LogP) is 3.92. The third kappa shape index (κ3) is 4.10. The van der Waals surface area contributed by atoms with E-state index in [4.69, 9.17) is 4.74 Å². The van der Waals surface area contributed by atoms with E-state index in [-0.39, 0.29) is 5.60 Å². The van der Waals surface area contributed by atoms with E-state index in [0.29, 0.717) is 6.04 Å². The highest BCUT2D eigenvalue weighted by atomic mass is 16.5. The number of allylic oxidation sites excluding steroid dienone is 1. The molecule has 0 aromatic carbocycles. The second-order valence-corrected chi connectivity index (χ2v) is 5.66. The third-order valence-electron chi connectivity index (χ3n) is 4.30. The van der Waals surface area contributed by atoms with Crippen LogP contribution in [0.25, 0.3) is 0 Å². The average Bonchev–Trinajstić information content (AvgIpc) is 2.38. The third-order valence-corrected chi connectivity index (χ3v) is 4.30. The van der Waals surface area contributed by atoms with E-state index in [2.05, 4.69) is 32.7 Å². The Balaban J connectivity index is 2.73. The molecule has 18 heavy (non-hydrogen) atoms. The molecule has 0 spiro atoms. The molecule has 1 saturated carbocycles. The Hall–Kier alpha value is -0.340. The van der Waals surface area contributed by atoms with Gasteiger partial charge in [0.05, 0.1) is 5.60 Å². The van der Waals surface area contributed by atoms with E-state index in [1.807, 2.05) is 6.08 Å². The molecule has 2 heteroatoms. The highest BCUT2D eigenvalue weighted by Crippen LogP contribution is 2.38. The standard InChI is InChI=1S/C16H31NO/c1-5-8-9-15(17-6-2)16(18-7-3)12-10-14(4)11-13-16/h5,14-15,17H,1,6-13H2,2-4H3. The van der Waals surface area contributed by atoms with Crippen molar-refractivity contribution in [1.29, 1.82) is 0 Å². The molecule has 0 saturated heterocycles. The first-order valence-electron chi connectivity index (χ1n) is 7.66. The van der Waals surface area contributed by atoms with Crippen LogP contribution < -0.4 is 5.32 Å². The number of rotatable bonds is 8. The molecule has 0 aliphatic heterocycles. The quantitative estimate of drug-likeness (QED) is 0.662. The van der Waals surface area contributed by atoms with Crippen molar-refractivity contribution in [3.63, 3.8) is 0 Å². The Labute approximate surface area is 113 Å². The van der Waals surface area contributed by atoms with E-state index in [0.717, 1.165) is 31.9 Å². The maximum atomic E-state index is 6.23. The maximum Gasteiger partial charge on any atom is 0.0834 e. The van der Waals surface area contributed by atoms with Gasteiger partial charge in [-0.15, -0.1) is 6.58 Å². The zero-order valence-corrected chi connectivity index (χ0v) is 12.5. The molecule has 0 aromatic rings. The molecular weight excluding hydrogens is 222 g/mol. The minimum atomic E-state index is 0.0697. The van der Waals surface area contributed by atoms with Crippen LogP contribution in [0.4, 0.5) is 0 Å². The van der Waals surface area contributed by atoms with Crippen LogP contribution in [0.3, 0.4) is 0 Å². The highest BCUT2D eigenvalue weighted by molar-refractivity contribution is 4.97. The summed E-state index contributed by atoms with van der Waals surface area (Å²) in [6.07, 6.45) is 9.25. The summed E-state index contributed by atoms with van der Waals surface area (Å²) in [5.74, 6) is 0.861. The topological polar surface area (TPSA) is 21.3 Å².